The monoisotopic (exact) mass is 314 g/mol. The second kappa shape index (κ2) is 5.01. The lowest BCUT2D eigenvalue weighted by Crippen LogP contribution is -2.43. The fourth-order valence-electron chi connectivity index (χ4n) is 3.82. The van der Waals surface area contributed by atoms with Crippen LogP contribution in [0.1, 0.15) is 24.8 Å². The molecule has 0 radical (unpaired) electrons. The Kier molecular flexibility index (Phi) is 3.07. The van der Waals surface area contributed by atoms with E-state index in [1.54, 1.807) is 7.05 Å². The highest BCUT2D eigenvalue weighted by atomic mass is 16.5. The number of rotatable bonds is 1. The molecule has 1 aromatic carbocycles. The zero-order chi connectivity index (χ0) is 16.1. The Labute approximate surface area is 132 Å². The van der Waals surface area contributed by atoms with Crippen molar-refractivity contribution in [2.45, 2.75) is 31.3 Å². The Bertz CT molecular complexity index is 876. The quantitative estimate of drug-likeness (QED) is 0.811. The Morgan fingerprint density at radius 1 is 1.35 bits per heavy atom. The van der Waals surface area contributed by atoms with E-state index >= 15 is 0 Å². The van der Waals surface area contributed by atoms with Gasteiger partial charge in [0, 0.05) is 13.1 Å². The first-order valence-corrected chi connectivity index (χ1v) is 7.76. The molecule has 1 fully saturated rings. The SMILES string of the molecule is COC(=O)N1C2CC=C(c3ccc4c(c3)oc(=O)n4C)C1CC2. The maximum Gasteiger partial charge on any atom is 0.419 e. The Morgan fingerprint density at radius 3 is 2.96 bits per heavy atom. The molecule has 2 unspecified atom stereocenters. The summed E-state index contributed by atoms with van der Waals surface area (Å²) in [4.78, 5) is 25.6. The molecular weight excluding hydrogens is 296 g/mol. The number of amides is 1. The van der Waals surface area contributed by atoms with Crippen LogP contribution in [0, 0.1) is 0 Å². The van der Waals surface area contributed by atoms with Crippen molar-refractivity contribution in [1.82, 2.24) is 9.47 Å². The lowest BCUT2D eigenvalue weighted by atomic mass is 9.94. The number of nitrogens with zero attached hydrogens (tertiary/aromatic N) is 2. The van der Waals surface area contributed by atoms with Gasteiger partial charge in [0.05, 0.1) is 18.7 Å². The average Bonchev–Trinajstić information content (AvgIpc) is 3.01. The highest BCUT2D eigenvalue weighted by Crippen LogP contribution is 2.40. The molecule has 4 rings (SSSR count). The smallest absolute Gasteiger partial charge is 0.419 e. The van der Waals surface area contributed by atoms with E-state index in [1.165, 1.54) is 11.7 Å². The van der Waals surface area contributed by atoms with Crippen LogP contribution in [-0.4, -0.2) is 34.8 Å². The number of benzene rings is 1. The van der Waals surface area contributed by atoms with Gasteiger partial charge in [-0.25, -0.2) is 9.59 Å². The average molecular weight is 314 g/mol. The molecule has 1 amide bonds. The zero-order valence-electron chi connectivity index (χ0n) is 13.1. The summed E-state index contributed by atoms with van der Waals surface area (Å²) in [6.45, 7) is 0. The van der Waals surface area contributed by atoms with E-state index in [0.717, 1.165) is 35.9 Å². The normalized spacial score (nSPS) is 23.2. The minimum absolute atomic E-state index is 0.0362. The van der Waals surface area contributed by atoms with Gasteiger partial charge in [-0.3, -0.25) is 9.47 Å². The summed E-state index contributed by atoms with van der Waals surface area (Å²) < 4.78 is 11.7. The van der Waals surface area contributed by atoms with Gasteiger partial charge in [0.2, 0.25) is 0 Å². The predicted molar refractivity (Wildman–Crippen MR) is 85.1 cm³/mol. The number of oxazole rings is 1. The van der Waals surface area contributed by atoms with E-state index in [9.17, 15) is 9.59 Å². The second-order valence-electron chi connectivity index (χ2n) is 6.13. The minimum atomic E-state index is -0.369. The van der Waals surface area contributed by atoms with Crippen LogP contribution in [0.5, 0.6) is 0 Å². The molecule has 0 N–H and O–H groups in total. The number of hydrogen-bond acceptors (Lipinski definition) is 4. The van der Waals surface area contributed by atoms with E-state index < -0.39 is 0 Å². The van der Waals surface area contributed by atoms with Crippen LogP contribution in [0.3, 0.4) is 0 Å². The van der Waals surface area contributed by atoms with Gasteiger partial charge in [-0.1, -0.05) is 12.1 Å². The zero-order valence-corrected chi connectivity index (χ0v) is 13.1. The van der Waals surface area contributed by atoms with Crippen LogP contribution in [0.4, 0.5) is 4.79 Å². The second-order valence-corrected chi connectivity index (χ2v) is 6.13. The number of methoxy groups -OCH3 is 1. The number of ether oxygens (including phenoxy) is 1. The molecular formula is C17H18N2O4. The summed E-state index contributed by atoms with van der Waals surface area (Å²) in [5.41, 5.74) is 3.44. The van der Waals surface area contributed by atoms with Gasteiger partial charge in [-0.15, -0.1) is 0 Å². The van der Waals surface area contributed by atoms with Crippen molar-refractivity contribution in [3.05, 3.63) is 40.4 Å². The fourth-order valence-corrected chi connectivity index (χ4v) is 3.82. The lowest BCUT2D eigenvalue weighted by Gasteiger charge is -2.34. The van der Waals surface area contributed by atoms with Gasteiger partial charge < -0.3 is 9.15 Å². The van der Waals surface area contributed by atoms with Crippen LogP contribution in [-0.2, 0) is 11.8 Å². The van der Waals surface area contributed by atoms with E-state index in [4.69, 9.17) is 9.15 Å². The van der Waals surface area contributed by atoms with Crippen molar-refractivity contribution in [3.63, 3.8) is 0 Å². The number of fused-ring (bicyclic) bond motifs is 3. The van der Waals surface area contributed by atoms with Crippen molar-refractivity contribution in [2.24, 2.45) is 7.05 Å². The van der Waals surface area contributed by atoms with Crippen LogP contribution < -0.4 is 5.76 Å². The molecule has 1 aromatic heterocycles. The lowest BCUT2D eigenvalue weighted by molar-refractivity contribution is 0.109. The molecule has 0 spiro atoms. The van der Waals surface area contributed by atoms with Crippen molar-refractivity contribution in [3.8, 4) is 0 Å². The number of hydrogen-bond donors (Lipinski definition) is 0. The van der Waals surface area contributed by atoms with Gasteiger partial charge in [0.25, 0.3) is 0 Å². The van der Waals surface area contributed by atoms with Gasteiger partial charge in [-0.05, 0) is 42.5 Å². The van der Waals surface area contributed by atoms with E-state index in [2.05, 4.69) is 6.08 Å². The first-order chi connectivity index (χ1) is 11.1. The molecule has 6 heteroatoms. The van der Waals surface area contributed by atoms with Crippen molar-refractivity contribution < 1.29 is 13.9 Å². The molecule has 0 saturated carbocycles. The van der Waals surface area contributed by atoms with Crippen molar-refractivity contribution in [1.29, 1.82) is 0 Å². The van der Waals surface area contributed by atoms with Gasteiger partial charge >= 0.3 is 11.8 Å². The maximum absolute atomic E-state index is 12.1. The Balaban J connectivity index is 1.77. The fraction of sp³-hybridized carbons (Fsp3) is 0.412. The van der Waals surface area contributed by atoms with Gasteiger partial charge in [0.15, 0.2) is 5.58 Å². The molecule has 2 aliphatic rings. The molecule has 23 heavy (non-hydrogen) atoms. The third-order valence-corrected chi connectivity index (χ3v) is 4.98. The molecule has 6 nitrogen and oxygen atoms in total. The van der Waals surface area contributed by atoms with Crippen LogP contribution in [0.2, 0.25) is 0 Å². The molecule has 2 aromatic rings. The summed E-state index contributed by atoms with van der Waals surface area (Å²) in [5, 5.41) is 0. The van der Waals surface area contributed by atoms with Crippen molar-refractivity contribution >= 4 is 22.8 Å². The number of carbonyl (C=O) groups is 1. The van der Waals surface area contributed by atoms with E-state index in [-0.39, 0.29) is 23.9 Å². The third kappa shape index (κ3) is 2.01. The third-order valence-electron chi connectivity index (χ3n) is 4.98. The van der Waals surface area contributed by atoms with Crippen molar-refractivity contribution in [2.75, 3.05) is 7.11 Å². The van der Waals surface area contributed by atoms with E-state index in [0.29, 0.717) is 5.58 Å². The highest BCUT2D eigenvalue weighted by molar-refractivity contribution is 5.83. The summed E-state index contributed by atoms with van der Waals surface area (Å²) >= 11 is 0. The maximum atomic E-state index is 12.1. The molecule has 2 aliphatic heterocycles. The first-order valence-electron chi connectivity index (χ1n) is 7.76. The number of aryl methyl sites for hydroxylation is 1. The van der Waals surface area contributed by atoms with Crippen LogP contribution in [0.15, 0.2) is 33.5 Å². The minimum Gasteiger partial charge on any atom is -0.453 e. The Morgan fingerprint density at radius 2 is 2.17 bits per heavy atom. The molecule has 120 valence electrons. The Hall–Kier alpha value is -2.50. The summed E-state index contributed by atoms with van der Waals surface area (Å²) in [5.74, 6) is -0.369. The number of carbonyl (C=O) groups excluding carboxylic acids is 1. The van der Waals surface area contributed by atoms with Gasteiger partial charge in [0.1, 0.15) is 0 Å². The number of aromatic nitrogens is 1. The standard InChI is InChI=1S/C17H18N2O4/c1-18-14-7-3-10(9-15(14)23-16(18)20)12-6-4-11-5-8-13(12)19(11)17(21)22-2/h3,6-7,9,11,13H,4-5,8H2,1-2H3. The molecule has 3 heterocycles. The molecule has 2 bridgehead atoms. The molecule has 2 atom stereocenters. The van der Waals surface area contributed by atoms with E-state index in [1.807, 2.05) is 23.1 Å². The first kappa shape index (κ1) is 14.1. The largest absolute Gasteiger partial charge is 0.453 e. The summed E-state index contributed by atoms with van der Waals surface area (Å²) in [6, 6.07) is 6.03. The van der Waals surface area contributed by atoms with Crippen LogP contribution in [0.25, 0.3) is 16.7 Å². The predicted octanol–water partition coefficient (Wildman–Crippen LogP) is 2.52. The molecule has 1 saturated heterocycles. The topological polar surface area (TPSA) is 64.7 Å². The highest BCUT2D eigenvalue weighted by Gasteiger charge is 2.42. The summed E-state index contributed by atoms with van der Waals surface area (Å²) in [6.07, 6.45) is 4.68. The summed E-state index contributed by atoms with van der Waals surface area (Å²) in [7, 11) is 3.11. The van der Waals surface area contributed by atoms with Crippen LogP contribution >= 0.6 is 0 Å². The van der Waals surface area contributed by atoms with Gasteiger partial charge in [-0.2, -0.15) is 0 Å². The molecule has 0 aliphatic carbocycles.